The quantitative estimate of drug-likeness (QED) is 0.704. The van der Waals surface area contributed by atoms with Crippen molar-refractivity contribution in [1.82, 2.24) is 9.97 Å². The molecule has 80 valence electrons. The second-order valence-corrected chi connectivity index (χ2v) is 3.17. The van der Waals surface area contributed by atoms with Crippen molar-refractivity contribution in [3.8, 4) is 0 Å². The van der Waals surface area contributed by atoms with E-state index in [-0.39, 0.29) is 18.5 Å². The van der Waals surface area contributed by atoms with Crippen molar-refractivity contribution in [3.63, 3.8) is 0 Å². The van der Waals surface area contributed by atoms with E-state index in [1.807, 2.05) is 0 Å². The summed E-state index contributed by atoms with van der Waals surface area (Å²) in [6.45, 7) is 0. The monoisotopic (exact) mass is 218 g/mol. The fraction of sp³-hybridized carbons (Fsp3) is 0.375. The molecule has 0 atom stereocenters. The third-order valence-electron chi connectivity index (χ3n) is 2.16. The Bertz CT molecular complexity index is 490. The van der Waals surface area contributed by atoms with Gasteiger partial charge in [0.25, 0.3) is 0 Å². The second-order valence-electron chi connectivity index (χ2n) is 3.17. The van der Waals surface area contributed by atoms with E-state index < -0.39 is 28.9 Å². The van der Waals surface area contributed by atoms with Crippen LogP contribution < -0.4 is 5.69 Å². The molecule has 0 fully saturated rings. The minimum atomic E-state index is -4.77. The molecule has 0 saturated heterocycles. The Morgan fingerprint density at radius 1 is 1.20 bits per heavy atom. The number of alkyl halides is 3. The highest BCUT2D eigenvalue weighted by atomic mass is 19.4. The van der Waals surface area contributed by atoms with Crippen LogP contribution in [0, 0.1) is 0 Å². The third kappa shape index (κ3) is 1.53. The normalized spacial score (nSPS) is 15.5. The van der Waals surface area contributed by atoms with Crippen LogP contribution in [0.4, 0.5) is 13.2 Å². The van der Waals surface area contributed by atoms with Crippen LogP contribution in [0.1, 0.15) is 28.2 Å². The van der Waals surface area contributed by atoms with Crippen molar-refractivity contribution in [3.05, 3.63) is 27.4 Å². The molecule has 0 saturated carbocycles. The number of carbonyl (C=O) groups excluding carboxylic acids is 1. The maximum absolute atomic E-state index is 12.4. The summed E-state index contributed by atoms with van der Waals surface area (Å²) >= 11 is 0. The van der Waals surface area contributed by atoms with E-state index in [2.05, 4.69) is 9.97 Å². The molecule has 4 nitrogen and oxygen atoms in total. The molecule has 0 amide bonds. The Balaban J connectivity index is 2.75. The summed E-state index contributed by atoms with van der Waals surface area (Å²) in [5.41, 5.74) is -2.89. The molecule has 1 aromatic heterocycles. The number of hydrogen-bond acceptors (Lipinski definition) is 3. The Kier molecular flexibility index (Phi) is 1.92. The lowest BCUT2D eigenvalue weighted by molar-refractivity contribution is -0.141. The predicted molar refractivity (Wildman–Crippen MR) is 42.5 cm³/mol. The summed E-state index contributed by atoms with van der Waals surface area (Å²) in [6.07, 6.45) is -4.65. The van der Waals surface area contributed by atoms with E-state index in [9.17, 15) is 22.8 Å². The molecule has 2 rings (SSSR count). The van der Waals surface area contributed by atoms with Gasteiger partial charge in [0.1, 0.15) is 0 Å². The van der Waals surface area contributed by atoms with Crippen molar-refractivity contribution in [2.24, 2.45) is 0 Å². The summed E-state index contributed by atoms with van der Waals surface area (Å²) in [4.78, 5) is 27.0. The molecular weight excluding hydrogens is 213 g/mol. The number of halogens is 3. The van der Waals surface area contributed by atoms with Gasteiger partial charge in [-0.25, -0.2) is 4.79 Å². The van der Waals surface area contributed by atoms with E-state index in [0.29, 0.717) is 0 Å². The molecule has 1 heterocycles. The van der Waals surface area contributed by atoms with Gasteiger partial charge < -0.3 is 4.98 Å². The molecule has 15 heavy (non-hydrogen) atoms. The number of hydrogen-bond donors (Lipinski definition) is 1. The number of fused-ring (bicyclic) bond motifs is 1. The van der Waals surface area contributed by atoms with Gasteiger partial charge in [0.05, 0.1) is 5.56 Å². The van der Waals surface area contributed by atoms with Gasteiger partial charge in [-0.05, 0) is 6.42 Å². The summed E-state index contributed by atoms with van der Waals surface area (Å²) in [5, 5.41) is 0. The van der Waals surface area contributed by atoms with Crippen LogP contribution in [0.2, 0.25) is 0 Å². The standard InChI is InChI=1S/C8H5F3N2O2/c9-8(10,11)6-5-3(1-2-4(5)14)12-7(15)13-6/h1-2H2,(H,12,13,15). The number of aryl methyl sites for hydroxylation is 1. The minimum Gasteiger partial charge on any atom is -0.309 e. The number of aromatic nitrogens is 2. The first-order valence-corrected chi connectivity index (χ1v) is 4.13. The van der Waals surface area contributed by atoms with E-state index in [1.54, 1.807) is 0 Å². The van der Waals surface area contributed by atoms with E-state index in [1.165, 1.54) is 0 Å². The van der Waals surface area contributed by atoms with Gasteiger partial charge in [-0.15, -0.1) is 0 Å². The molecule has 1 N–H and O–H groups in total. The van der Waals surface area contributed by atoms with Crippen LogP contribution in [0.25, 0.3) is 0 Å². The zero-order valence-electron chi connectivity index (χ0n) is 7.31. The molecule has 1 aliphatic rings. The van der Waals surface area contributed by atoms with Crippen molar-refractivity contribution in [2.45, 2.75) is 19.0 Å². The lowest BCUT2D eigenvalue weighted by Gasteiger charge is -2.08. The summed E-state index contributed by atoms with van der Waals surface area (Å²) in [7, 11) is 0. The van der Waals surface area contributed by atoms with Crippen LogP contribution in [-0.2, 0) is 12.6 Å². The largest absolute Gasteiger partial charge is 0.434 e. The Hall–Kier alpha value is -1.66. The van der Waals surface area contributed by atoms with Crippen LogP contribution in [0.15, 0.2) is 4.79 Å². The van der Waals surface area contributed by atoms with Gasteiger partial charge >= 0.3 is 11.9 Å². The van der Waals surface area contributed by atoms with Gasteiger partial charge in [0, 0.05) is 12.1 Å². The second kappa shape index (κ2) is 2.91. The topological polar surface area (TPSA) is 62.8 Å². The predicted octanol–water partition coefficient (Wildman–Crippen LogP) is 0.918. The Labute approximate surface area is 81.1 Å². The molecule has 7 heteroatoms. The lowest BCUT2D eigenvalue weighted by atomic mass is 10.1. The highest BCUT2D eigenvalue weighted by Crippen LogP contribution is 2.33. The molecule has 1 aromatic rings. The highest BCUT2D eigenvalue weighted by Gasteiger charge is 2.40. The Morgan fingerprint density at radius 2 is 1.87 bits per heavy atom. The maximum atomic E-state index is 12.4. The molecule has 0 bridgehead atoms. The molecule has 0 aliphatic heterocycles. The molecule has 0 aromatic carbocycles. The van der Waals surface area contributed by atoms with Crippen molar-refractivity contribution in [2.75, 3.05) is 0 Å². The summed E-state index contributed by atoms with van der Waals surface area (Å²) in [5.74, 6) is -0.624. The number of rotatable bonds is 0. The van der Waals surface area contributed by atoms with Gasteiger partial charge in [0.15, 0.2) is 11.5 Å². The number of aromatic amines is 1. The van der Waals surface area contributed by atoms with Gasteiger partial charge in [-0.2, -0.15) is 18.2 Å². The first kappa shape index (κ1) is 9.88. The summed E-state index contributed by atoms with van der Waals surface area (Å²) < 4.78 is 37.3. The van der Waals surface area contributed by atoms with E-state index in [0.717, 1.165) is 0 Å². The van der Waals surface area contributed by atoms with Gasteiger partial charge in [-0.1, -0.05) is 0 Å². The number of nitrogens with one attached hydrogen (secondary N) is 1. The number of ketones is 1. The highest BCUT2D eigenvalue weighted by molar-refractivity contribution is 6.00. The SMILES string of the molecule is O=C1CCc2[nH]c(=O)nc(C(F)(F)F)c21. The van der Waals surface area contributed by atoms with E-state index >= 15 is 0 Å². The Morgan fingerprint density at radius 3 is 2.47 bits per heavy atom. The van der Waals surface area contributed by atoms with Gasteiger partial charge in [0.2, 0.25) is 0 Å². The van der Waals surface area contributed by atoms with Crippen LogP contribution in [0.5, 0.6) is 0 Å². The number of H-pyrrole nitrogens is 1. The lowest BCUT2D eigenvalue weighted by Crippen LogP contribution is -2.23. The third-order valence-corrected chi connectivity index (χ3v) is 2.16. The van der Waals surface area contributed by atoms with Crippen molar-refractivity contribution < 1.29 is 18.0 Å². The van der Waals surface area contributed by atoms with Crippen molar-refractivity contribution in [1.29, 1.82) is 0 Å². The van der Waals surface area contributed by atoms with Crippen LogP contribution >= 0.6 is 0 Å². The maximum Gasteiger partial charge on any atom is 0.434 e. The zero-order chi connectivity index (χ0) is 11.2. The first-order valence-electron chi connectivity index (χ1n) is 4.13. The number of nitrogens with zero attached hydrogens (tertiary/aromatic N) is 1. The molecule has 0 spiro atoms. The fourth-order valence-corrected chi connectivity index (χ4v) is 1.58. The molecule has 0 unspecified atom stereocenters. The zero-order valence-corrected chi connectivity index (χ0v) is 7.31. The average molecular weight is 218 g/mol. The minimum absolute atomic E-state index is 0.0138. The smallest absolute Gasteiger partial charge is 0.309 e. The molecule has 0 radical (unpaired) electrons. The number of Topliss-reactive ketones (excluding diaryl/α,β-unsaturated/α-hetero) is 1. The van der Waals surface area contributed by atoms with E-state index in [4.69, 9.17) is 0 Å². The van der Waals surface area contributed by atoms with Crippen molar-refractivity contribution >= 4 is 5.78 Å². The van der Waals surface area contributed by atoms with Crippen LogP contribution in [-0.4, -0.2) is 15.8 Å². The fourth-order valence-electron chi connectivity index (χ4n) is 1.58. The number of carbonyl (C=O) groups is 1. The molecule has 1 aliphatic carbocycles. The summed E-state index contributed by atoms with van der Waals surface area (Å²) in [6, 6.07) is 0. The first-order chi connectivity index (χ1) is 6.89. The van der Waals surface area contributed by atoms with Gasteiger partial charge in [-0.3, -0.25) is 4.79 Å². The average Bonchev–Trinajstić information content (AvgIpc) is 2.44. The molecular formula is C8H5F3N2O2. The van der Waals surface area contributed by atoms with Crippen LogP contribution in [0.3, 0.4) is 0 Å².